The number of rotatable bonds is 12. The number of imidazole rings is 1. The molecule has 3 aliphatic heterocycles. The summed E-state index contributed by atoms with van der Waals surface area (Å²) >= 11 is 3.55. The number of nitrogens with zero attached hydrogens (tertiary/aromatic N) is 3. The number of thioether (sulfide) groups is 2. The molecular formula is C43H48N6O7S2. The molecule has 3 saturated heterocycles. The van der Waals surface area contributed by atoms with E-state index in [1.165, 1.54) is 12.0 Å². The van der Waals surface area contributed by atoms with Crippen molar-refractivity contribution in [1.29, 1.82) is 0 Å². The van der Waals surface area contributed by atoms with Crippen molar-refractivity contribution in [3.8, 4) is 22.4 Å². The third kappa shape index (κ3) is 9.20. The Hall–Kier alpha value is -5.28. The van der Waals surface area contributed by atoms with Gasteiger partial charge >= 0.3 is 12.2 Å². The molecule has 3 fully saturated rings. The monoisotopic (exact) mass is 824 g/mol. The van der Waals surface area contributed by atoms with Crippen LogP contribution in [-0.2, 0) is 25.7 Å². The highest BCUT2D eigenvalue weighted by atomic mass is 32.2. The van der Waals surface area contributed by atoms with Gasteiger partial charge in [0.15, 0.2) is 5.78 Å². The van der Waals surface area contributed by atoms with Crippen LogP contribution < -0.4 is 10.6 Å². The molecule has 3 N–H and O–H groups in total. The Balaban J connectivity index is 0.942. The lowest BCUT2D eigenvalue weighted by atomic mass is 10.0. The molecule has 4 aromatic rings. The van der Waals surface area contributed by atoms with Gasteiger partial charge in [0.1, 0.15) is 24.5 Å². The highest BCUT2D eigenvalue weighted by Crippen LogP contribution is 2.52. The van der Waals surface area contributed by atoms with Gasteiger partial charge in [-0.05, 0) is 41.0 Å². The lowest BCUT2D eigenvalue weighted by Gasteiger charge is -2.30. The number of benzene rings is 3. The molecule has 1 spiro atoms. The summed E-state index contributed by atoms with van der Waals surface area (Å²) < 4.78 is 10.1. The average Bonchev–Trinajstić information content (AvgIpc) is 4.09. The van der Waals surface area contributed by atoms with Gasteiger partial charge in [-0.1, -0.05) is 92.7 Å². The number of ketones is 1. The second-order valence-corrected chi connectivity index (χ2v) is 18.2. The minimum atomic E-state index is -0.728. The van der Waals surface area contributed by atoms with Crippen molar-refractivity contribution in [1.82, 2.24) is 30.4 Å². The lowest BCUT2D eigenvalue weighted by molar-refractivity contribution is -0.135. The van der Waals surface area contributed by atoms with E-state index in [-0.39, 0.29) is 46.8 Å². The number of carbonyl (C=O) groups is 5. The first-order chi connectivity index (χ1) is 28.0. The third-order valence-electron chi connectivity index (χ3n) is 10.8. The fraction of sp³-hybridized carbons (Fsp3) is 0.395. The van der Waals surface area contributed by atoms with Crippen molar-refractivity contribution in [2.75, 3.05) is 38.2 Å². The van der Waals surface area contributed by atoms with Crippen LogP contribution in [0.4, 0.5) is 9.59 Å². The van der Waals surface area contributed by atoms with Gasteiger partial charge in [0.25, 0.3) is 0 Å². The van der Waals surface area contributed by atoms with E-state index in [1.807, 2.05) is 80.6 Å². The molecule has 7 rings (SSSR count). The Bertz CT molecular complexity index is 2110. The molecule has 1 unspecified atom stereocenters. The highest BCUT2D eigenvalue weighted by molar-refractivity contribution is 8.21. The second kappa shape index (κ2) is 18.1. The minimum absolute atomic E-state index is 0.116. The highest BCUT2D eigenvalue weighted by Gasteiger charge is 2.52. The number of ether oxygens (including phenoxy) is 2. The summed E-state index contributed by atoms with van der Waals surface area (Å²) in [6, 6.07) is 23.0. The van der Waals surface area contributed by atoms with Crippen molar-refractivity contribution in [3.63, 3.8) is 0 Å². The van der Waals surface area contributed by atoms with Crippen LogP contribution in [0, 0.1) is 5.92 Å². The van der Waals surface area contributed by atoms with Crippen molar-refractivity contribution >= 4 is 53.3 Å². The number of Topliss-reactive ketones (excluding diaryl/α,β-unsaturated/α-hetero) is 1. The van der Waals surface area contributed by atoms with Crippen LogP contribution in [-0.4, -0.2) is 104 Å². The summed E-state index contributed by atoms with van der Waals surface area (Å²) in [6.45, 7) is 4.69. The van der Waals surface area contributed by atoms with Crippen molar-refractivity contribution in [3.05, 3.63) is 102 Å². The van der Waals surface area contributed by atoms with E-state index < -0.39 is 24.3 Å². The third-order valence-corrected chi connectivity index (χ3v) is 14.3. The molecule has 0 radical (unpaired) electrons. The molecule has 58 heavy (non-hydrogen) atoms. The van der Waals surface area contributed by atoms with Gasteiger partial charge in [-0.25, -0.2) is 14.6 Å². The average molecular weight is 825 g/mol. The summed E-state index contributed by atoms with van der Waals surface area (Å²) in [4.78, 5) is 76.8. The predicted molar refractivity (Wildman–Crippen MR) is 224 cm³/mol. The number of likely N-dealkylation sites (tertiary alicyclic amines) is 2. The normalized spacial score (nSPS) is 19.0. The predicted octanol–water partition coefficient (Wildman–Crippen LogP) is 6.67. The molecule has 13 nitrogen and oxygen atoms in total. The van der Waals surface area contributed by atoms with E-state index in [4.69, 9.17) is 9.47 Å². The zero-order valence-corrected chi connectivity index (χ0v) is 34.4. The van der Waals surface area contributed by atoms with Crippen LogP contribution in [0.2, 0.25) is 0 Å². The lowest BCUT2D eigenvalue weighted by Crippen LogP contribution is -2.51. The summed E-state index contributed by atoms with van der Waals surface area (Å²) in [5.41, 5.74) is 4.95. The number of H-pyrrole nitrogens is 1. The first-order valence-electron chi connectivity index (χ1n) is 19.5. The molecule has 3 atom stereocenters. The second-order valence-electron chi connectivity index (χ2n) is 15.0. The number of nitrogens with one attached hydrogen (secondary N) is 3. The molecule has 0 bridgehead atoms. The van der Waals surface area contributed by atoms with E-state index >= 15 is 0 Å². The van der Waals surface area contributed by atoms with Crippen molar-refractivity contribution in [2.45, 2.75) is 61.9 Å². The summed E-state index contributed by atoms with van der Waals surface area (Å²) in [5.74, 6) is 1.73. The van der Waals surface area contributed by atoms with Crippen molar-refractivity contribution in [2.24, 2.45) is 5.92 Å². The molecule has 3 aliphatic rings. The first-order valence-corrected chi connectivity index (χ1v) is 21.5. The van der Waals surface area contributed by atoms with Crippen LogP contribution in [0.25, 0.3) is 22.4 Å². The standard InChI is InChI=1S/C43H48N6O7S2/c1-27(2)37(47-41(53)55-3)40(52)48-19-7-10-34(48)38-44-23-33(46-38)31-15-11-29(12-16-31)30-13-17-32(18-14-30)36(50)24-45-39(51)35-22-43(57-20-21-58-43)26-49(35)42(54)56-25-28-8-5-4-6-9-28/h4-6,8-9,11-18,23,27,34-35,37H,7,10,19-22,24-26H2,1-3H3,(H,44,46)(H,45,51)(H,47,53)/t34?,35-,37-/m0/s1. The van der Waals surface area contributed by atoms with E-state index in [1.54, 1.807) is 46.8 Å². The molecule has 0 saturated carbocycles. The summed E-state index contributed by atoms with van der Waals surface area (Å²) in [5, 5.41) is 5.48. The Morgan fingerprint density at radius 1 is 0.914 bits per heavy atom. The zero-order valence-electron chi connectivity index (χ0n) is 32.8. The number of carbonyl (C=O) groups excluding carboxylic acids is 5. The van der Waals surface area contributed by atoms with Crippen LogP contribution in [0.5, 0.6) is 0 Å². The van der Waals surface area contributed by atoms with Gasteiger partial charge in [0.2, 0.25) is 11.8 Å². The summed E-state index contributed by atoms with van der Waals surface area (Å²) in [7, 11) is 1.28. The van der Waals surface area contributed by atoms with Crippen LogP contribution in [0.3, 0.4) is 0 Å². The van der Waals surface area contributed by atoms with E-state index in [0.717, 1.165) is 52.3 Å². The summed E-state index contributed by atoms with van der Waals surface area (Å²) in [6.07, 6.45) is 2.68. The Morgan fingerprint density at radius 3 is 2.26 bits per heavy atom. The Morgan fingerprint density at radius 2 is 1.59 bits per heavy atom. The Labute approximate surface area is 346 Å². The molecule has 4 heterocycles. The van der Waals surface area contributed by atoms with E-state index in [2.05, 4.69) is 20.6 Å². The molecule has 0 aliphatic carbocycles. The van der Waals surface area contributed by atoms with Gasteiger partial charge in [-0.15, -0.1) is 23.5 Å². The maximum atomic E-state index is 13.5. The number of amides is 4. The van der Waals surface area contributed by atoms with E-state index in [0.29, 0.717) is 30.9 Å². The fourth-order valence-electron chi connectivity index (χ4n) is 7.70. The first kappa shape index (κ1) is 40.9. The smallest absolute Gasteiger partial charge is 0.410 e. The van der Waals surface area contributed by atoms with Gasteiger partial charge in [-0.3, -0.25) is 19.3 Å². The van der Waals surface area contributed by atoms with Gasteiger partial charge < -0.3 is 30.0 Å². The molecular weight excluding hydrogens is 777 g/mol. The van der Waals surface area contributed by atoms with Gasteiger partial charge in [-0.2, -0.15) is 0 Å². The van der Waals surface area contributed by atoms with E-state index in [9.17, 15) is 24.0 Å². The van der Waals surface area contributed by atoms with Crippen LogP contribution in [0.1, 0.15) is 60.9 Å². The SMILES string of the molecule is COC(=O)N[C@H](C(=O)N1CCCC1c1ncc(-c2ccc(-c3ccc(C(=O)CNC(=O)[C@@H]4CC5(CN4C(=O)OCc4ccccc4)SCCS5)cc3)cc2)[nH]1)C(C)C. The molecule has 15 heteroatoms. The number of methoxy groups -OCH3 is 1. The molecule has 4 amide bonds. The maximum absolute atomic E-state index is 13.5. The van der Waals surface area contributed by atoms with Gasteiger partial charge in [0.05, 0.1) is 35.7 Å². The van der Waals surface area contributed by atoms with Crippen LogP contribution in [0.15, 0.2) is 85.1 Å². The number of aromatic nitrogens is 2. The number of hydrogen-bond donors (Lipinski definition) is 3. The largest absolute Gasteiger partial charge is 0.453 e. The zero-order chi connectivity index (χ0) is 40.8. The van der Waals surface area contributed by atoms with Crippen molar-refractivity contribution < 1.29 is 33.4 Å². The minimum Gasteiger partial charge on any atom is -0.453 e. The number of hydrogen-bond acceptors (Lipinski definition) is 10. The fourth-order valence-corrected chi connectivity index (χ4v) is 11.0. The quantitative estimate of drug-likeness (QED) is 0.132. The van der Waals surface area contributed by atoms with Crippen LogP contribution >= 0.6 is 23.5 Å². The molecule has 3 aromatic carbocycles. The van der Waals surface area contributed by atoms with Gasteiger partial charge in [0, 0.05) is 36.6 Å². The number of aromatic amines is 1. The number of alkyl carbamates (subject to hydrolysis) is 1. The molecule has 304 valence electrons. The topological polar surface area (TPSA) is 163 Å². The Kier molecular flexibility index (Phi) is 12.8. The maximum Gasteiger partial charge on any atom is 0.410 e. The molecule has 1 aromatic heterocycles.